The van der Waals surface area contributed by atoms with E-state index in [1.807, 2.05) is 7.05 Å². The summed E-state index contributed by atoms with van der Waals surface area (Å²) in [6.07, 6.45) is 3.71. The quantitative estimate of drug-likeness (QED) is 0.941. The van der Waals surface area contributed by atoms with E-state index in [4.69, 9.17) is 4.98 Å². The van der Waals surface area contributed by atoms with E-state index in [0.29, 0.717) is 17.9 Å². The van der Waals surface area contributed by atoms with Crippen molar-refractivity contribution in [1.29, 1.82) is 0 Å². The predicted octanol–water partition coefficient (Wildman–Crippen LogP) is 3.44. The minimum atomic E-state index is 0.493. The van der Waals surface area contributed by atoms with Gasteiger partial charge >= 0.3 is 0 Å². The van der Waals surface area contributed by atoms with Crippen LogP contribution in [-0.4, -0.2) is 23.6 Å². The molecule has 1 saturated carbocycles. The van der Waals surface area contributed by atoms with Crippen molar-refractivity contribution in [2.75, 3.05) is 23.8 Å². The summed E-state index contributed by atoms with van der Waals surface area (Å²) in [4.78, 5) is 12.0. The van der Waals surface area contributed by atoms with Crippen molar-refractivity contribution in [1.82, 2.24) is 9.97 Å². The summed E-state index contributed by atoms with van der Waals surface area (Å²) in [6, 6.07) is 11.5. The molecule has 2 atom stereocenters. The molecule has 4 heteroatoms. The minimum absolute atomic E-state index is 0.493. The van der Waals surface area contributed by atoms with Crippen molar-refractivity contribution in [3.63, 3.8) is 0 Å². The third kappa shape index (κ3) is 1.76. The molecule has 4 nitrogen and oxygen atoms in total. The average Bonchev–Trinajstić information content (AvgIpc) is 3.25. The van der Waals surface area contributed by atoms with E-state index < -0.39 is 0 Å². The van der Waals surface area contributed by atoms with E-state index in [0.717, 1.165) is 24.0 Å². The Morgan fingerprint density at radius 2 is 1.91 bits per heavy atom. The minimum Gasteiger partial charge on any atom is -0.373 e. The van der Waals surface area contributed by atoms with Crippen molar-refractivity contribution in [3.05, 3.63) is 47.3 Å². The largest absolute Gasteiger partial charge is 0.373 e. The van der Waals surface area contributed by atoms with Crippen LogP contribution in [0.1, 0.15) is 54.1 Å². The molecule has 0 spiro atoms. The molecule has 2 aliphatic carbocycles. The summed E-state index contributed by atoms with van der Waals surface area (Å²) in [6.45, 7) is 1.09. The fourth-order valence-corrected chi connectivity index (χ4v) is 4.05. The van der Waals surface area contributed by atoms with Crippen LogP contribution in [0, 0.1) is 0 Å². The molecule has 0 radical (unpaired) electrons. The topological polar surface area (TPSA) is 41.0 Å². The van der Waals surface area contributed by atoms with Crippen LogP contribution >= 0.6 is 0 Å². The molecule has 2 fully saturated rings. The molecule has 1 aromatic heterocycles. The molecule has 1 N–H and O–H groups in total. The lowest BCUT2D eigenvalue weighted by atomic mass is 9.99. The molecule has 0 amide bonds. The van der Waals surface area contributed by atoms with Crippen LogP contribution in [0.5, 0.6) is 0 Å². The summed E-state index contributed by atoms with van der Waals surface area (Å²) < 4.78 is 0. The normalized spacial score (nSPS) is 25.4. The van der Waals surface area contributed by atoms with Gasteiger partial charge in [-0.1, -0.05) is 24.3 Å². The second kappa shape index (κ2) is 4.45. The van der Waals surface area contributed by atoms with Gasteiger partial charge in [0.1, 0.15) is 17.5 Å². The highest BCUT2D eigenvalue weighted by Gasteiger charge is 2.43. The molecule has 22 heavy (non-hydrogen) atoms. The third-order valence-electron chi connectivity index (χ3n) is 5.32. The highest BCUT2D eigenvalue weighted by atomic mass is 15.3. The highest BCUT2D eigenvalue weighted by Crippen LogP contribution is 2.51. The number of aromatic nitrogens is 2. The van der Waals surface area contributed by atoms with Gasteiger partial charge in [-0.3, -0.25) is 0 Å². The van der Waals surface area contributed by atoms with Crippen LogP contribution in [0.4, 0.5) is 11.6 Å². The zero-order chi connectivity index (χ0) is 14.7. The van der Waals surface area contributed by atoms with Crippen LogP contribution in [0.25, 0.3) is 0 Å². The van der Waals surface area contributed by atoms with Crippen molar-refractivity contribution in [2.45, 2.75) is 37.1 Å². The SMILES string of the molecule is CNc1cc(N2C[C@H]3C[C@H]2c2ccccc23)nc(C2CC2)n1. The van der Waals surface area contributed by atoms with Crippen LogP contribution in [0.3, 0.4) is 0 Å². The van der Waals surface area contributed by atoms with Crippen LogP contribution in [-0.2, 0) is 0 Å². The van der Waals surface area contributed by atoms with Gasteiger partial charge in [0.15, 0.2) is 0 Å². The zero-order valence-corrected chi connectivity index (χ0v) is 12.8. The molecule has 5 rings (SSSR count). The summed E-state index contributed by atoms with van der Waals surface area (Å²) >= 11 is 0. The first-order valence-electron chi connectivity index (χ1n) is 8.25. The third-order valence-corrected chi connectivity index (χ3v) is 5.32. The molecular formula is C18H20N4. The van der Waals surface area contributed by atoms with Gasteiger partial charge in [-0.25, -0.2) is 9.97 Å². The Morgan fingerprint density at radius 1 is 1.09 bits per heavy atom. The second-order valence-electron chi connectivity index (χ2n) is 6.72. The molecule has 2 bridgehead atoms. The van der Waals surface area contributed by atoms with Gasteiger partial charge in [0.25, 0.3) is 0 Å². The Hall–Kier alpha value is -2.10. The van der Waals surface area contributed by atoms with E-state index in [1.54, 1.807) is 5.56 Å². The lowest BCUT2D eigenvalue weighted by Gasteiger charge is -2.30. The maximum absolute atomic E-state index is 4.89. The monoisotopic (exact) mass is 292 g/mol. The molecular weight excluding hydrogens is 272 g/mol. The number of hydrogen-bond donors (Lipinski definition) is 1. The smallest absolute Gasteiger partial charge is 0.136 e. The van der Waals surface area contributed by atoms with E-state index in [1.165, 1.54) is 24.8 Å². The molecule has 1 aliphatic heterocycles. The van der Waals surface area contributed by atoms with E-state index in [9.17, 15) is 0 Å². The average molecular weight is 292 g/mol. The Labute approximate surface area is 130 Å². The second-order valence-corrected chi connectivity index (χ2v) is 6.72. The molecule has 1 aromatic carbocycles. The van der Waals surface area contributed by atoms with Crippen LogP contribution < -0.4 is 10.2 Å². The molecule has 2 heterocycles. The number of rotatable bonds is 3. The number of nitrogens with zero attached hydrogens (tertiary/aromatic N) is 3. The Balaban J connectivity index is 1.55. The first-order valence-corrected chi connectivity index (χ1v) is 8.25. The van der Waals surface area contributed by atoms with Gasteiger partial charge in [-0.05, 0) is 30.4 Å². The summed E-state index contributed by atoms with van der Waals surface area (Å²) in [5, 5.41) is 3.20. The van der Waals surface area contributed by atoms with Crippen LogP contribution in [0.15, 0.2) is 30.3 Å². The standard InChI is InChI=1S/C18H20N4/c1-19-16-9-17(21-18(20-16)11-6-7-11)22-10-12-8-15(22)14-5-3-2-4-13(12)14/h2-5,9,11-12,15H,6-8,10H2,1H3,(H,19,20,21)/t12-,15+/m1/s1. The Morgan fingerprint density at radius 3 is 2.68 bits per heavy atom. The molecule has 0 unspecified atom stereocenters. The summed E-state index contributed by atoms with van der Waals surface area (Å²) in [5.74, 6) is 4.32. The molecule has 1 saturated heterocycles. The lowest BCUT2D eigenvalue weighted by molar-refractivity contribution is 0.723. The number of benzene rings is 1. The van der Waals surface area contributed by atoms with Gasteiger partial charge in [-0.15, -0.1) is 0 Å². The number of nitrogens with one attached hydrogen (secondary N) is 1. The van der Waals surface area contributed by atoms with Crippen LogP contribution in [0.2, 0.25) is 0 Å². The van der Waals surface area contributed by atoms with E-state index in [-0.39, 0.29) is 0 Å². The van der Waals surface area contributed by atoms with Crippen molar-refractivity contribution >= 4 is 11.6 Å². The number of hydrogen-bond acceptors (Lipinski definition) is 4. The fraction of sp³-hybridized carbons (Fsp3) is 0.444. The Bertz CT molecular complexity index is 738. The number of anilines is 2. The maximum atomic E-state index is 4.89. The van der Waals surface area contributed by atoms with E-state index in [2.05, 4.69) is 45.5 Å². The number of fused-ring (bicyclic) bond motifs is 5. The van der Waals surface area contributed by atoms with Crippen molar-refractivity contribution in [3.8, 4) is 0 Å². The van der Waals surface area contributed by atoms with Gasteiger partial charge < -0.3 is 10.2 Å². The van der Waals surface area contributed by atoms with E-state index >= 15 is 0 Å². The van der Waals surface area contributed by atoms with Gasteiger partial charge in [-0.2, -0.15) is 0 Å². The van der Waals surface area contributed by atoms with Gasteiger partial charge in [0, 0.05) is 31.5 Å². The fourth-order valence-electron chi connectivity index (χ4n) is 4.05. The first kappa shape index (κ1) is 12.4. The Kier molecular flexibility index (Phi) is 2.52. The predicted molar refractivity (Wildman–Crippen MR) is 87.4 cm³/mol. The maximum Gasteiger partial charge on any atom is 0.136 e. The molecule has 112 valence electrons. The lowest BCUT2D eigenvalue weighted by Crippen LogP contribution is -2.28. The summed E-state index contributed by atoms with van der Waals surface area (Å²) in [5.41, 5.74) is 3.05. The summed E-state index contributed by atoms with van der Waals surface area (Å²) in [7, 11) is 1.94. The van der Waals surface area contributed by atoms with Gasteiger partial charge in [0.05, 0.1) is 6.04 Å². The zero-order valence-electron chi connectivity index (χ0n) is 12.8. The molecule has 3 aliphatic rings. The highest BCUT2D eigenvalue weighted by molar-refractivity contribution is 5.57. The molecule has 2 aromatic rings. The van der Waals surface area contributed by atoms with Crippen molar-refractivity contribution < 1.29 is 0 Å². The van der Waals surface area contributed by atoms with Crippen molar-refractivity contribution in [2.24, 2.45) is 0 Å². The first-order chi connectivity index (χ1) is 10.8. The van der Waals surface area contributed by atoms with Gasteiger partial charge in [0.2, 0.25) is 0 Å².